The van der Waals surface area contributed by atoms with E-state index in [9.17, 15) is 0 Å². The summed E-state index contributed by atoms with van der Waals surface area (Å²) < 4.78 is 5.05. The first kappa shape index (κ1) is 14.1. The number of thiazole rings is 1. The number of aryl methyl sites for hydroxylation is 1. The average molecular weight is 277 g/mol. The first-order chi connectivity index (χ1) is 9.22. The molecule has 0 amide bonds. The van der Waals surface area contributed by atoms with Gasteiger partial charge in [0.05, 0.1) is 12.3 Å². The van der Waals surface area contributed by atoms with E-state index in [1.807, 2.05) is 18.3 Å². The van der Waals surface area contributed by atoms with E-state index in [1.54, 1.807) is 24.6 Å². The van der Waals surface area contributed by atoms with Crippen LogP contribution in [0, 0.1) is 6.92 Å². The summed E-state index contributed by atoms with van der Waals surface area (Å²) in [5.74, 6) is 0. The van der Waals surface area contributed by atoms with E-state index in [0.717, 1.165) is 29.4 Å². The molecule has 0 aliphatic carbocycles. The van der Waals surface area contributed by atoms with Crippen LogP contribution >= 0.6 is 11.3 Å². The van der Waals surface area contributed by atoms with Gasteiger partial charge in [-0.3, -0.25) is 4.98 Å². The monoisotopic (exact) mass is 277 g/mol. The zero-order valence-electron chi connectivity index (χ0n) is 11.5. The van der Waals surface area contributed by atoms with Crippen LogP contribution in [0.5, 0.6) is 0 Å². The van der Waals surface area contributed by atoms with Crippen molar-refractivity contribution in [2.45, 2.75) is 19.9 Å². The number of aromatic nitrogens is 2. The third kappa shape index (κ3) is 3.59. The summed E-state index contributed by atoms with van der Waals surface area (Å²) in [6.07, 6.45) is 3.63. The number of hydrogen-bond acceptors (Lipinski definition) is 5. The zero-order chi connectivity index (χ0) is 13.7. The molecule has 2 rings (SSSR count). The Hall–Kier alpha value is -1.30. The van der Waals surface area contributed by atoms with Crippen molar-refractivity contribution < 1.29 is 4.74 Å². The number of methoxy groups -OCH3 is 1. The predicted octanol–water partition coefficient (Wildman–Crippen LogP) is 2.81. The van der Waals surface area contributed by atoms with E-state index in [0.29, 0.717) is 0 Å². The number of nitrogens with zero attached hydrogens (tertiary/aromatic N) is 2. The van der Waals surface area contributed by atoms with E-state index in [2.05, 4.69) is 29.1 Å². The Balaban J connectivity index is 2.13. The van der Waals surface area contributed by atoms with Gasteiger partial charge in [0, 0.05) is 42.5 Å². The maximum absolute atomic E-state index is 5.05. The lowest BCUT2D eigenvalue weighted by molar-refractivity contribution is 0.196. The van der Waals surface area contributed by atoms with Crippen LogP contribution in [0.15, 0.2) is 24.5 Å². The molecule has 0 radical (unpaired) electrons. The van der Waals surface area contributed by atoms with Gasteiger partial charge in [-0.05, 0) is 26.0 Å². The maximum atomic E-state index is 5.05. The average Bonchev–Trinajstić information content (AvgIpc) is 2.82. The van der Waals surface area contributed by atoms with Gasteiger partial charge in [0.1, 0.15) is 5.01 Å². The summed E-state index contributed by atoms with van der Waals surface area (Å²) >= 11 is 1.72. The maximum Gasteiger partial charge on any atom is 0.125 e. The van der Waals surface area contributed by atoms with Gasteiger partial charge in [-0.1, -0.05) is 0 Å². The molecule has 0 spiro atoms. The van der Waals surface area contributed by atoms with Crippen LogP contribution in [0.3, 0.4) is 0 Å². The minimum absolute atomic E-state index is 0.290. The van der Waals surface area contributed by atoms with Crippen molar-refractivity contribution in [1.82, 2.24) is 15.3 Å². The molecule has 1 atom stereocenters. The fraction of sp³-hybridized carbons (Fsp3) is 0.429. The van der Waals surface area contributed by atoms with Crippen molar-refractivity contribution in [3.05, 3.63) is 35.1 Å². The Morgan fingerprint density at radius 2 is 2.32 bits per heavy atom. The molecule has 1 N–H and O–H groups in total. The van der Waals surface area contributed by atoms with Gasteiger partial charge < -0.3 is 10.1 Å². The van der Waals surface area contributed by atoms with Crippen molar-refractivity contribution in [2.75, 3.05) is 20.3 Å². The summed E-state index contributed by atoms with van der Waals surface area (Å²) in [6.45, 7) is 5.78. The van der Waals surface area contributed by atoms with Crippen LogP contribution in [-0.4, -0.2) is 30.2 Å². The minimum Gasteiger partial charge on any atom is -0.383 e. The van der Waals surface area contributed by atoms with Crippen LogP contribution in [0.2, 0.25) is 0 Å². The van der Waals surface area contributed by atoms with E-state index >= 15 is 0 Å². The van der Waals surface area contributed by atoms with E-state index in [-0.39, 0.29) is 6.04 Å². The fourth-order valence-electron chi connectivity index (χ4n) is 1.89. The normalized spacial score (nSPS) is 12.6. The molecule has 2 heterocycles. The molecule has 0 saturated carbocycles. The predicted molar refractivity (Wildman–Crippen MR) is 78.4 cm³/mol. The first-order valence-electron chi connectivity index (χ1n) is 6.32. The Morgan fingerprint density at radius 1 is 1.47 bits per heavy atom. The van der Waals surface area contributed by atoms with Crippen molar-refractivity contribution >= 4 is 11.3 Å². The molecule has 0 saturated heterocycles. The lowest BCUT2D eigenvalue weighted by Crippen LogP contribution is -2.22. The van der Waals surface area contributed by atoms with Crippen LogP contribution < -0.4 is 5.32 Å². The highest BCUT2D eigenvalue weighted by atomic mass is 32.1. The summed E-state index contributed by atoms with van der Waals surface area (Å²) in [5.41, 5.74) is 2.16. The van der Waals surface area contributed by atoms with Crippen LogP contribution in [0.1, 0.15) is 23.5 Å². The SMILES string of the molecule is COCCN[C@H](C)c1sc(-c2cccnc2)nc1C. The van der Waals surface area contributed by atoms with Gasteiger partial charge in [-0.2, -0.15) is 0 Å². The van der Waals surface area contributed by atoms with Crippen molar-refractivity contribution in [3.63, 3.8) is 0 Å². The van der Waals surface area contributed by atoms with Crippen LogP contribution in [0.4, 0.5) is 0 Å². The second-order valence-corrected chi connectivity index (χ2v) is 5.41. The van der Waals surface area contributed by atoms with Gasteiger partial charge in [0.2, 0.25) is 0 Å². The lowest BCUT2D eigenvalue weighted by atomic mass is 10.2. The third-order valence-corrected chi connectivity index (χ3v) is 4.28. The summed E-state index contributed by atoms with van der Waals surface area (Å²) in [5, 5.41) is 4.46. The summed E-state index contributed by atoms with van der Waals surface area (Å²) in [6, 6.07) is 4.27. The molecule has 4 nitrogen and oxygen atoms in total. The molecule has 0 bridgehead atoms. The van der Waals surface area contributed by atoms with Gasteiger partial charge >= 0.3 is 0 Å². The standard InChI is InChI=1S/C14H19N3OS/c1-10(16-7-8-18-3)13-11(2)17-14(19-13)12-5-4-6-15-9-12/h4-6,9-10,16H,7-8H2,1-3H3/t10-/m1/s1. The van der Waals surface area contributed by atoms with Crippen molar-refractivity contribution in [2.24, 2.45) is 0 Å². The molecule has 0 aliphatic rings. The molecule has 0 aliphatic heterocycles. The molecule has 0 unspecified atom stereocenters. The highest BCUT2D eigenvalue weighted by molar-refractivity contribution is 7.15. The summed E-state index contributed by atoms with van der Waals surface area (Å²) in [7, 11) is 1.71. The van der Waals surface area contributed by atoms with E-state index in [4.69, 9.17) is 4.74 Å². The smallest absolute Gasteiger partial charge is 0.125 e. The van der Waals surface area contributed by atoms with Crippen LogP contribution in [-0.2, 0) is 4.74 Å². The molecular formula is C14H19N3OS. The number of pyridine rings is 1. The van der Waals surface area contributed by atoms with Gasteiger partial charge in [0.25, 0.3) is 0 Å². The fourth-order valence-corrected chi connectivity index (χ4v) is 2.98. The number of ether oxygens (including phenoxy) is 1. The number of nitrogens with one attached hydrogen (secondary N) is 1. The number of rotatable bonds is 6. The molecule has 102 valence electrons. The second-order valence-electron chi connectivity index (χ2n) is 4.38. The van der Waals surface area contributed by atoms with Gasteiger partial charge in [0.15, 0.2) is 0 Å². The highest BCUT2D eigenvalue weighted by Gasteiger charge is 2.14. The molecule has 0 aromatic carbocycles. The molecule has 19 heavy (non-hydrogen) atoms. The van der Waals surface area contributed by atoms with Crippen LogP contribution in [0.25, 0.3) is 10.6 Å². The molecule has 2 aromatic rings. The zero-order valence-corrected chi connectivity index (χ0v) is 12.3. The number of hydrogen-bond donors (Lipinski definition) is 1. The summed E-state index contributed by atoms with van der Waals surface area (Å²) in [4.78, 5) is 10.1. The van der Waals surface area contributed by atoms with E-state index < -0.39 is 0 Å². The van der Waals surface area contributed by atoms with E-state index in [1.165, 1.54) is 4.88 Å². The molecule has 5 heteroatoms. The Labute approximate surface area is 117 Å². The Kier molecular flexibility index (Phi) is 5.01. The van der Waals surface area contributed by atoms with Gasteiger partial charge in [-0.25, -0.2) is 4.98 Å². The second kappa shape index (κ2) is 6.75. The topological polar surface area (TPSA) is 47.0 Å². The van der Waals surface area contributed by atoms with Crippen molar-refractivity contribution in [1.29, 1.82) is 0 Å². The largest absolute Gasteiger partial charge is 0.383 e. The van der Waals surface area contributed by atoms with Crippen molar-refractivity contribution in [3.8, 4) is 10.6 Å². The van der Waals surface area contributed by atoms with Gasteiger partial charge in [-0.15, -0.1) is 11.3 Å². The molecular weight excluding hydrogens is 258 g/mol. The highest BCUT2D eigenvalue weighted by Crippen LogP contribution is 2.31. The third-order valence-electron chi connectivity index (χ3n) is 2.89. The Morgan fingerprint density at radius 3 is 3.00 bits per heavy atom. The quantitative estimate of drug-likeness (QED) is 0.825. The molecule has 0 fully saturated rings. The molecule has 2 aromatic heterocycles. The first-order valence-corrected chi connectivity index (χ1v) is 7.14. The lowest BCUT2D eigenvalue weighted by Gasteiger charge is -2.11. The minimum atomic E-state index is 0.290. The Bertz CT molecular complexity index is 513.